The largest absolute Gasteiger partial charge is 0.456 e. The van der Waals surface area contributed by atoms with E-state index in [0.717, 1.165) is 55.3 Å². The van der Waals surface area contributed by atoms with Crippen molar-refractivity contribution in [1.82, 2.24) is 0 Å². The summed E-state index contributed by atoms with van der Waals surface area (Å²) in [5.41, 5.74) is 4.91. The van der Waals surface area contributed by atoms with Crippen molar-refractivity contribution in [3.63, 3.8) is 0 Å². The van der Waals surface area contributed by atoms with Crippen LogP contribution in [0.2, 0.25) is 0 Å². The van der Waals surface area contributed by atoms with Crippen molar-refractivity contribution in [1.29, 1.82) is 0 Å². The molecule has 1 nitrogen and oxygen atoms in total. The SMILES string of the molecule is [2H]c1c([2H])c2c([2H])c([2H])c3c([2H])c([2H])c(-c4ccc5c(-c6ccc7c8c(cccc68)-c6ccccc6O7)cccc5c4)c4c([2H])c([2H])c(c1[2H])c2c34. The molecule has 1 heterocycles. The fraction of sp³-hybridized carbons (Fsp3) is 0. The van der Waals surface area contributed by atoms with Gasteiger partial charge in [-0.3, -0.25) is 0 Å². The molecular weight excluding hydrogens is 520 g/mol. The first-order valence-corrected chi connectivity index (χ1v) is 14.1. The topological polar surface area (TPSA) is 9.23 Å². The van der Waals surface area contributed by atoms with E-state index in [9.17, 15) is 2.74 Å². The van der Waals surface area contributed by atoms with E-state index in [0.29, 0.717) is 5.56 Å². The molecule has 0 saturated heterocycles. The van der Waals surface area contributed by atoms with Crippen molar-refractivity contribution >= 4 is 53.9 Å². The summed E-state index contributed by atoms with van der Waals surface area (Å²) >= 11 is 0. The minimum absolute atomic E-state index is 0.0335. The third-order valence-corrected chi connectivity index (χ3v) is 8.67. The fourth-order valence-corrected chi connectivity index (χ4v) is 6.77. The molecule has 0 amide bonds. The lowest BCUT2D eigenvalue weighted by atomic mass is 9.87. The van der Waals surface area contributed by atoms with Crippen LogP contribution in [0.1, 0.15) is 12.3 Å². The van der Waals surface area contributed by atoms with Gasteiger partial charge in [-0.1, -0.05) is 127 Å². The molecule has 0 aliphatic carbocycles. The van der Waals surface area contributed by atoms with Crippen LogP contribution in [0.4, 0.5) is 0 Å². The zero-order chi connectivity index (χ0) is 35.9. The number of hydrogen-bond acceptors (Lipinski definition) is 1. The van der Waals surface area contributed by atoms with Gasteiger partial charge in [0, 0.05) is 10.9 Å². The molecule has 9 aromatic rings. The highest BCUT2D eigenvalue weighted by Gasteiger charge is 2.21. The lowest BCUT2D eigenvalue weighted by molar-refractivity contribution is 0.487. The number of hydrogen-bond donors (Lipinski definition) is 0. The van der Waals surface area contributed by atoms with Crippen LogP contribution in [0.25, 0.3) is 87.2 Å². The minimum Gasteiger partial charge on any atom is -0.456 e. The first-order chi connectivity index (χ1) is 25.1. The van der Waals surface area contributed by atoms with Crippen LogP contribution in [0.15, 0.2) is 145 Å². The molecule has 0 spiro atoms. The Morgan fingerprint density at radius 3 is 2.07 bits per heavy atom. The van der Waals surface area contributed by atoms with Crippen LogP contribution >= 0.6 is 0 Å². The molecule has 10 rings (SSSR count). The van der Waals surface area contributed by atoms with Gasteiger partial charge in [0.1, 0.15) is 11.5 Å². The average molecular weight is 554 g/mol. The molecule has 0 aromatic heterocycles. The van der Waals surface area contributed by atoms with Gasteiger partial charge in [-0.2, -0.15) is 0 Å². The summed E-state index contributed by atoms with van der Waals surface area (Å²) in [5.74, 6) is 1.61. The zero-order valence-electron chi connectivity index (χ0n) is 31.6. The smallest absolute Gasteiger partial charge is 0.135 e. The van der Waals surface area contributed by atoms with Crippen LogP contribution in [-0.2, 0) is 0 Å². The lowest BCUT2D eigenvalue weighted by Crippen LogP contribution is -1.97. The highest BCUT2D eigenvalue weighted by molar-refractivity contribution is 6.25. The monoisotopic (exact) mass is 553 g/mol. The Bertz CT molecular complexity index is 3070. The van der Waals surface area contributed by atoms with Crippen molar-refractivity contribution < 1.29 is 17.1 Å². The maximum absolute atomic E-state index is 9.21. The molecule has 0 saturated carbocycles. The van der Waals surface area contributed by atoms with Gasteiger partial charge in [-0.25, -0.2) is 0 Å². The summed E-state index contributed by atoms with van der Waals surface area (Å²) in [6.45, 7) is 0. The normalized spacial score (nSPS) is 15.3. The Balaban J connectivity index is 1.25. The Hall–Kier alpha value is -5.66. The first kappa shape index (κ1) is 16.1. The molecule has 0 fully saturated rings. The highest BCUT2D eigenvalue weighted by Crippen LogP contribution is 2.49. The third-order valence-electron chi connectivity index (χ3n) is 8.67. The predicted molar refractivity (Wildman–Crippen MR) is 182 cm³/mol. The summed E-state index contributed by atoms with van der Waals surface area (Å²) < 4.78 is 86.0. The predicted octanol–water partition coefficient (Wildman–Crippen LogP) is 12.0. The van der Waals surface area contributed by atoms with E-state index in [-0.39, 0.29) is 68.1 Å². The molecule has 43 heavy (non-hydrogen) atoms. The van der Waals surface area contributed by atoms with E-state index in [4.69, 9.17) is 14.3 Å². The number of ether oxygens (including phenoxy) is 1. The van der Waals surface area contributed by atoms with Gasteiger partial charge < -0.3 is 4.74 Å². The maximum Gasteiger partial charge on any atom is 0.135 e. The molecule has 0 radical (unpaired) electrons. The van der Waals surface area contributed by atoms with Gasteiger partial charge >= 0.3 is 0 Å². The Kier molecular flexibility index (Phi) is 3.16. The van der Waals surface area contributed by atoms with E-state index >= 15 is 0 Å². The van der Waals surface area contributed by atoms with Crippen LogP contribution in [0.3, 0.4) is 0 Å². The number of rotatable bonds is 2. The molecule has 0 unspecified atom stereocenters. The fourth-order valence-electron chi connectivity index (χ4n) is 6.77. The first-order valence-electron chi connectivity index (χ1n) is 18.6. The van der Waals surface area contributed by atoms with Crippen LogP contribution in [-0.4, -0.2) is 0 Å². The van der Waals surface area contributed by atoms with Crippen molar-refractivity contribution in [3.05, 3.63) is 145 Å². The average Bonchev–Trinajstić information content (AvgIpc) is 3.15. The van der Waals surface area contributed by atoms with Gasteiger partial charge in [0.25, 0.3) is 0 Å². The van der Waals surface area contributed by atoms with Crippen LogP contribution < -0.4 is 4.74 Å². The van der Waals surface area contributed by atoms with Crippen molar-refractivity contribution in [2.75, 3.05) is 0 Å². The van der Waals surface area contributed by atoms with Gasteiger partial charge in [0.05, 0.1) is 12.3 Å². The molecule has 1 aliphatic rings. The molecule has 0 bridgehead atoms. The molecule has 0 atom stereocenters. The highest BCUT2D eigenvalue weighted by atomic mass is 16.5. The zero-order valence-corrected chi connectivity index (χ0v) is 22.6. The van der Waals surface area contributed by atoms with Crippen LogP contribution in [0, 0.1) is 0 Å². The van der Waals surface area contributed by atoms with Crippen molar-refractivity contribution in [2.24, 2.45) is 0 Å². The van der Waals surface area contributed by atoms with Crippen LogP contribution in [0.5, 0.6) is 11.5 Å². The van der Waals surface area contributed by atoms with Gasteiger partial charge in [-0.05, 0) is 94.5 Å². The molecule has 1 heteroatoms. The second-order valence-electron chi connectivity index (χ2n) is 10.9. The molecular formula is C42H24O. The van der Waals surface area contributed by atoms with Gasteiger partial charge in [0.2, 0.25) is 0 Å². The molecule has 198 valence electrons. The van der Waals surface area contributed by atoms with Gasteiger partial charge in [0.15, 0.2) is 0 Å². The maximum atomic E-state index is 9.21. The number of para-hydroxylation sites is 1. The molecule has 9 aromatic carbocycles. The second-order valence-corrected chi connectivity index (χ2v) is 10.9. The standard InChI is InChI=1S/C42H24O/c1-2-13-38-34(9-1)36-12-5-11-35-33(22-23-39(43-38)42(35)36)32-10-4-8-28-24-29(18-20-30(28)32)31-19-16-27-15-14-25-6-3-7-26-17-21-37(31)41(27)40(25)26/h1-24H/i3D,6D,7D,14D,15D,16D,17D,19D,21D. The number of benzene rings is 9. The molecule has 0 N–H and O–H groups in total. The minimum atomic E-state index is -0.488. The number of fused-ring (bicyclic) bond motifs is 3. The summed E-state index contributed by atoms with van der Waals surface area (Å²) in [4.78, 5) is 0. The third kappa shape index (κ3) is 3.17. The Morgan fingerprint density at radius 1 is 0.395 bits per heavy atom. The second kappa shape index (κ2) is 8.44. The van der Waals surface area contributed by atoms with E-state index in [1.165, 1.54) is 0 Å². The Labute approximate surface area is 261 Å². The van der Waals surface area contributed by atoms with E-state index < -0.39 is 24.2 Å². The van der Waals surface area contributed by atoms with E-state index in [1.807, 2.05) is 54.6 Å². The van der Waals surface area contributed by atoms with Gasteiger partial charge in [-0.15, -0.1) is 0 Å². The summed E-state index contributed by atoms with van der Waals surface area (Å²) in [5, 5.41) is 4.21. The lowest BCUT2D eigenvalue weighted by Gasteiger charge is -2.22. The van der Waals surface area contributed by atoms with E-state index in [1.54, 1.807) is 0 Å². The summed E-state index contributed by atoms with van der Waals surface area (Å²) in [6, 6.07) is 26.7. The summed E-state index contributed by atoms with van der Waals surface area (Å²) in [7, 11) is 0. The van der Waals surface area contributed by atoms with Crippen molar-refractivity contribution in [3.8, 4) is 44.9 Å². The molecule has 1 aliphatic heterocycles. The van der Waals surface area contributed by atoms with Crippen molar-refractivity contribution in [2.45, 2.75) is 0 Å². The Morgan fingerprint density at radius 2 is 1.14 bits per heavy atom. The summed E-state index contributed by atoms with van der Waals surface area (Å²) in [6.07, 6.45) is 0. The van der Waals surface area contributed by atoms with E-state index in [2.05, 4.69) is 36.4 Å². The quantitative estimate of drug-likeness (QED) is 0.193.